The van der Waals surface area contributed by atoms with Gasteiger partial charge in [-0.3, -0.25) is 9.69 Å². The second-order valence-electron chi connectivity index (χ2n) is 7.61. The highest BCUT2D eigenvalue weighted by molar-refractivity contribution is 7.80. The maximum Gasteiger partial charge on any atom is 0.238 e. The molecule has 1 heterocycles. The van der Waals surface area contributed by atoms with Crippen LogP contribution in [0.2, 0.25) is 5.02 Å². The van der Waals surface area contributed by atoms with Crippen LogP contribution in [0.25, 0.3) is 0 Å². The minimum atomic E-state index is -0.0340. The second-order valence-corrected chi connectivity index (χ2v) is 8.40. The fourth-order valence-electron chi connectivity index (χ4n) is 3.85. The number of nitrogens with zero attached hydrogens (tertiary/aromatic N) is 2. The van der Waals surface area contributed by atoms with Crippen LogP contribution in [0.1, 0.15) is 32.6 Å². The van der Waals surface area contributed by atoms with Crippen molar-refractivity contribution < 1.29 is 4.79 Å². The van der Waals surface area contributed by atoms with Crippen LogP contribution in [-0.2, 0) is 4.79 Å². The number of thiocarbonyl (C=S) groups is 1. The van der Waals surface area contributed by atoms with Gasteiger partial charge in [0.25, 0.3) is 0 Å². The van der Waals surface area contributed by atoms with Crippen LogP contribution in [0.5, 0.6) is 0 Å². The number of halogens is 1. The number of carbonyl (C=O) groups is 1. The van der Waals surface area contributed by atoms with Gasteiger partial charge in [0.15, 0.2) is 5.11 Å². The molecule has 27 heavy (non-hydrogen) atoms. The van der Waals surface area contributed by atoms with Crippen molar-refractivity contribution in [1.82, 2.24) is 15.1 Å². The first-order valence-corrected chi connectivity index (χ1v) is 10.6. The summed E-state index contributed by atoms with van der Waals surface area (Å²) in [6.07, 6.45) is 5.12. The normalized spacial score (nSPS) is 23.7. The van der Waals surface area contributed by atoms with E-state index in [1.165, 1.54) is 25.7 Å². The zero-order valence-electron chi connectivity index (χ0n) is 15.9. The first-order chi connectivity index (χ1) is 13.0. The number of carbonyl (C=O) groups excluding carboxylic acids is 1. The van der Waals surface area contributed by atoms with Crippen LogP contribution in [0.4, 0.5) is 5.69 Å². The lowest BCUT2D eigenvalue weighted by Crippen LogP contribution is -2.55. The van der Waals surface area contributed by atoms with Crippen molar-refractivity contribution in [2.24, 2.45) is 5.92 Å². The molecule has 2 N–H and O–H groups in total. The molecule has 2 fully saturated rings. The van der Waals surface area contributed by atoms with Crippen molar-refractivity contribution in [3.05, 3.63) is 29.3 Å². The third-order valence-corrected chi connectivity index (χ3v) is 6.30. The van der Waals surface area contributed by atoms with E-state index in [0.717, 1.165) is 31.3 Å². The molecular weight excluding hydrogens is 380 g/mol. The molecule has 0 unspecified atom stereocenters. The fourth-order valence-corrected chi connectivity index (χ4v) is 4.36. The molecule has 1 aliphatic carbocycles. The van der Waals surface area contributed by atoms with Gasteiger partial charge in [-0.25, -0.2) is 0 Å². The maximum atomic E-state index is 12.3. The summed E-state index contributed by atoms with van der Waals surface area (Å²) in [5, 5.41) is 7.89. The number of hydrogen-bond acceptors (Lipinski definition) is 3. The van der Waals surface area contributed by atoms with Crippen molar-refractivity contribution >= 4 is 40.5 Å². The van der Waals surface area contributed by atoms with Crippen LogP contribution >= 0.6 is 23.8 Å². The van der Waals surface area contributed by atoms with Crippen LogP contribution in [0.3, 0.4) is 0 Å². The van der Waals surface area contributed by atoms with E-state index in [1.54, 1.807) is 6.07 Å². The summed E-state index contributed by atoms with van der Waals surface area (Å²) < 4.78 is 0. The molecule has 1 aromatic rings. The van der Waals surface area contributed by atoms with Gasteiger partial charge in [-0.1, -0.05) is 43.5 Å². The van der Waals surface area contributed by atoms with Gasteiger partial charge in [0.05, 0.1) is 17.3 Å². The van der Waals surface area contributed by atoms with Gasteiger partial charge in [-0.05, 0) is 43.1 Å². The molecule has 1 amide bonds. The minimum absolute atomic E-state index is 0.0340. The molecule has 0 bridgehead atoms. The van der Waals surface area contributed by atoms with Crippen molar-refractivity contribution in [3.63, 3.8) is 0 Å². The summed E-state index contributed by atoms with van der Waals surface area (Å²) in [6, 6.07) is 7.81. The molecule has 148 valence electrons. The van der Waals surface area contributed by atoms with E-state index in [4.69, 9.17) is 23.8 Å². The number of benzene rings is 1. The molecule has 7 heteroatoms. The Kier molecular flexibility index (Phi) is 7.33. The third kappa shape index (κ3) is 5.80. The number of para-hydroxylation sites is 1. The van der Waals surface area contributed by atoms with Gasteiger partial charge in [0.2, 0.25) is 5.91 Å². The Balaban J connectivity index is 1.41. The smallest absolute Gasteiger partial charge is 0.238 e. The van der Waals surface area contributed by atoms with Crippen molar-refractivity contribution in [2.45, 2.75) is 38.6 Å². The number of hydrogen-bond donors (Lipinski definition) is 2. The molecule has 5 nitrogen and oxygen atoms in total. The van der Waals surface area contributed by atoms with Crippen LogP contribution < -0.4 is 10.6 Å². The molecular formula is C20H29ClN4OS. The lowest BCUT2D eigenvalue weighted by atomic mass is 9.86. The summed E-state index contributed by atoms with van der Waals surface area (Å²) in [4.78, 5) is 16.7. The Hall–Kier alpha value is -1.37. The van der Waals surface area contributed by atoms with E-state index in [0.29, 0.717) is 29.2 Å². The van der Waals surface area contributed by atoms with Gasteiger partial charge in [-0.15, -0.1) is 0 Å². The lowest BCUT2D eigenvalue weighted by Gasteiger charge is -2.38. The predicted octanol–water partition coefficient (Wildman–Crippen LogP) is 3.35. The second kappa shape index (κ2) is 9.71. The quantitative estimate of drug-likeness (QED) is 0.748. The largest absolute Gasteiger partial charge is 0.360 e. The Bertz CT molecular complexity index is 663. The fraction of sp³-hybridized carbons (Fsp3) is 0.600. The minimum Gasteiger partial charge on any atom is -0.360 e. The van der Waals surface area contributed by atoms with Crippen molar-refractivity contribution in [1.29, 1.82) is 0 Å². The monoisotopic (exact) mass is 408 g/mol. The topological polar surface area (TPSA) is 47.6 Å². The summed E-state index contributed by atoms with van der Waals surface area (Å²) in [5.74, 6) is 0.653. The Morgan fingerprint density at radius 2 is 1.89 bits per heavy atom. The highest BCUT2D eigenvalue weighted by Gasteiger charge is 2.25. The lowest BCUT2D eigenvalue weighted by molar-refractivity contribution is -0.117. The van der Waals surface area contributed by atoms with Gasteiger partial charge in [0.1, 0.15) is 0 Å². The predicted molar refractivity (Wildman–Crippen MR) is 115 cm³/mol. The van der Waals surface area contributed by atoms with E-state index in [2.05, 4.69) is 27.4 Å². The third-order valence-electron chi connectivity index (χ3n) is 5.60. The SMILES string of the molecule is C[C@@H]1CCCC[C@H]1NC(=S)N1CCN(CC(=O)Nc2ccccc2Cl)CC1. The van der Waals surface area contributed by atoms with Gasteiger partial charge in [-0.2, -0.15) is 0 Å². The molecule has 1 saturated carbocycles. The molecule has 1 aliphatic heterocycles. The molecule has 0 spiro atoms. The Morgan fingerprint density at radius 1 is 1.19 bits per heavy atom. The maximum absolute atomic E-state index is 12.3. The first kappa shape index (κ1) is 20.4. The molecule has 2 atom stereocenters. The van der Waals surface area contributed by atoms with Crippen LogP contribution in [0, 0.1) is 5.92 Å². The molecule has 0 radical (unpaired) electrons. The number of rotatable bonds is 4. The summed E-state index contributed by atoms with van der Waals surface area (Å²) in [6.45, 7) is 6.06. The first-order valence-electron chi connectivity index (χ1n) is 9.85. The van der Waals surface area contributed by atoms with Gasteiger partial charge in [0, 0.05) is 32.2 Å². The van der Waals surface area contributed by atoms with E-state index in [1.807, 2.05) is 18.2 Å². The van der Waals surface area contributed by atoms with Gasteiger partial charge >= 0.3 is 0 Å². The van der Waals surface area contributed by atoms with Crippen molar-refractivity contribution in [3.8, 4) is 0 Å². The standard InChI is InChI=1S/C20H29ClN4OS/c1-15-6-2-4-8-17(15)23-20(27)25-12-10-24(11-13-25)14-19(26)22-18-9-5-3-7-16(18)21/h3,5,7,9,15,17H,2,4,6,8,10-14H2,1H3,(H,22,26)(H,23,27)/t15-,17-/m1/s1. The Labute approximate surface area is 172 Å². The summed E-state index contributed by atoms with van der Waals surface area (Å²) in [7, 11) is 0. The number of piperazine rings is 1. The number of anilines is 1. The highest BCUT2D eigenvalue weighted by Crippen LogP contribution is 2.24. The molecule has 2 aliphatic rings. The molecule has 0 aromatic heterocycles. The average molecular weight is 409 g/mol. The van der Waals surface area contributed by atoms with E-state index >= 15 is 0 Å². The number of nitrogens with one attached hydrogen (secondary N) is 2. The highest BCUT2D eigenvalue weighted by atomic mass is 35.5. The van der Waals surface area contributed by atoms with E-state index in [9.17, 15) is 4.79 Å². The zero-order chi connectivity index (χ0) is 19.2. The molecule has 1 saturated heterocycles. The Morgan fingerprint density at radius 3 is 2.59 bits per heavy atom. The van der Waals surface area contributed by atoms with Gasteiger partial charge < -0.3 is 15.5 Å². The summed E-state index contributed by atoms with van der Waals surface area (Å²) in [5.41, 5.74) is 0.662. The number of amides is 1. The molecule has 1 aromatic carbocycles. The van der Waals surface area contributed by atoms with E-state index < -0.39 is 0 Å². The van der Waals surface area contributed by atoms with Crippen LogP contribution in [0.15, 0.2) is 24.3 Å². The van der Waals surface area contributed by atoms with Crippen molar-refractivity contribution in [2.75, 3.05) is 38.0 Å². The molecule has 3 rings (SSSR count). The van der Waals surface area contributed by atoms with E-state index in [-0.39, 0.29) is 5.91 Å². The average Bonchev–Trinajstić information content (AvgIpc) is 2.66. The summed E-state index contributed by atoms with van der Waals surface area (Å²) >= 11 is 11.7. The zero-order valence-corrected chi connectivity index (χ0v) is 17.5. The van der Waals surface area contributed by atoms with Crippen LogP contribution in [-0.4, -0.2) is 59.6 Å².